The summed E-state index contributed by atoms with van der Waals surface area (Å²) in [4.78, 5) is 12.9. The van der Waals surface area contributed by atoms with Crippen molar-refractivity contribution in [2.24, 2.45) is 0 Å². The largest absolute Gasteiger partial charge is 0.490 e. The molecule has 2 aromatic rings. The Bertz CT molecular complexity index is 679. The second-order valence-corrected chi connectivity index (χ2v) is 6.54. The zero-order chi connectivity index (χ0) is 18.2. The molecule has 0 spiro atoms. The summed E-state index contributed by atoms with van der Waals surface area (Å²) in [5.74, 6) is 1.74. The third-order valence-electron chi connectivity index (χ3n) is 4.50. The summed E-state index contributed by atoms with van der Waals surface area (Å²) in [5.41, 5.74) is 0. The third kappa shape index (κ3) is 5.77. The fraction of sp³-hybridized carbons (Fsp3) is 0.381. The number of benzene rings is 2. The number of para-hydroxylation sites is 1. The van der Waals surface area contributed by atoms with Crippen molar-refractivity contribution in [2.45, 2.75) is 31.8 Å². The highest BCUT2D eigenvalue weighted by molar-refractivity contribution is 5.66. The molecule has 5 nitrogen and oxygen atoms in total. The first-order valence-corrected chi connectivity index (χ1v) is 9.13. The van der Waals surface area contributed by atoms with E-state index in [2.05, 4.69) is 4.90 Å². The lowest BCUT2D eigenvalue weighted by atomic mass is 10.1. The van der Waals surface area contributed by atoms with Gasteiger partial charge in [-0.15, -0.1) is 0 Å². The molecule has 0 aromatic heterocycles. The van der Waals surface area contributed by atoms with E-state index in [1.54, 1.807) is 0 Å². The van der Waals surface area contributed by atoms with Crippen molar-refractivity contribution in [3.8, 4) is 17.2 Å². The molecule has 1 aliphatic rings. The highest BCUT2D eigenvalue weighted by Crippen LogP contribution is 2.25. The zero-order valence-electron chi connectivity index (χ0n) is 14.8. The van der Waals surface area contributed by atoms with E-state index in [9.17, 15) is 4.79 Å². The van der Waals surface area contributed by atoms with Crippen molar-refractivity contribution >= 4 is 5.97 Å². The summed E-state index contributed by atoms with van der Waals surface area (Å²) in [6.45, 7) is 2.77. The van der Waals surface area contributed by atoms with Crippen molar-refractivity contribution in [1.29, 1.82) is 0 Å². The topological polar surface area (TPSA) is 59.0 Å². The van der Waals surface area contributed by atoms with E-state index in [1.165, 1.54) is 0 Å². The van der Waals surface area contributed by atoms with Gasteiger partial charge in [0.15, 0.2) is 0 Å². The summed E-state index contributed by atoms with van der Waals surface area (Å²) >= 11 is 0. The minimum atomic E-state index is -0.720. The molecule has 0 bridgehead atoms. The van der Waals surface area contributed by atoms with Gasteiger partial charge in [-0.25, -0.2) is 0 Å². The van der Waals surface area contributed by atoms with Crippen LogP contribution in [0.5, 0.6) is 17.2 Å². The van der Waals surface area contributed by atoms with Gasteiger partial charge in [0.25, 0.3) is 0 Å². The highest BCUT2D eigenvalue weighted by atomic mass is 16.5. The van der Waals surface area contributed by atoms with E-state index in [4.69, 9.17) is 14.6 Å². The van der Waals surface area contributed by atoms with E-state index in [0.29, 0.717) is 6.42 Å². The maximum absolute atomic E-state index is 10.6. The number of likely N-dealkylation sites (tertiary alicyclic amines) is 1. The number of aliphatic carboxylic acids is 1. The van der Waals surface area contributed by atoms with Crippen molar-refractivity contribution in [3.63, 3.8) is 0 Å². The Kier molecular flexibility index (Phi) is 6.50. The van der Waals surface area contributed by atoms with E-state index < -0.39 is 5.97 Å². The summed E-state index contributed by atoms with van der Waals surface area (Å²) in [6.07, 6.45) is 3.11. The van der Waals surface area contributed by atoms with Gasteiger partial charge in [-0.05, 0) is 62.2 Å². The Morgan fingerprint density at radius 3 is 2.23 bits per heavy atom. The number of ether oxygens (including phenoxy) is 2. The Hall–Kier alpha value is -2.53. The molecule has 1 N–H and O–H groups in total. The normalized spacial score (nSPS) is 15.5. The number of hydrogen-bond donors (Lipinski definition) is 1. The van der Waals surface area contributed by atoms with Crippen molar-refractivity contribution < 1.29 is 19.4 Å². The summed E-state index contributed by atoms with van der Waals surface area (Å²) in [5, 5.41) is 8.70. The summed E-state index contributed by atoms with van der Waals surface area (Å²) in [6, 6.07) is 17.4. The maximum Gasteiger partial charge on any atom is 0.303 e. The molecular formula is C21H25NO4. The molecule has 1 heterocycles. The second-order valence-electron chi connectivity index (χ2n) is 6.54. The lowest BCUT2D eigenvalue weighted by molar-refractivity contribution is -0.137. The molecule has 0 amide bonds. The maximum atomic E-state index is 10.6. The van der Waals surface area contributed by atoms with Gasteiger partial charge < -0.3 is 19.5 Å². The SMILES string of the molecule is O=C(O)CCCN1CCC(Oc2ccc(Oc3ccccc3)cc2)CC1. The number of carboxylic acid groups (broad SMARTS) is 1. The second kappa shape index (κ2) is 9.25. The highest BCUT2D eigenvalue weighted by Gasteiger charge is 2.20. The minimum Gasteiger partial charge on any atom is -0.490 e. The average molecular weight is 355 g/mol. The first-order chi connectivity index (χ1) is 12.7. The lowest BCUT2D eigenvalue weighted by Gasteiger charge is -2.32. The molecule has 1 saturated heterocycles. The smallest absolute Gasteiger partial charge is 0.303 e. The van der Waals surface area contributed by atoms with E-state index in [-0.39, 0.29) is 12.5 Å². The Morgan fingerprint density at radius 1 is 0.962 bits per heavy atom. The minimum absolute atomic E-state index is 0.214. The van der Waals surface area contributed by atoms with Crippen LogP contribution in [-0.4, -0.2) is 41.7 Å². The van der Waals surface area contributed by atoms with Crippen LogP contribution >= 0.6 is 0 Å². The van der Waals surface area contributed by atoms with E-state index >= 15 is 0 Å². The average Bonchev–Trinajstić information content (AvgIpc) is 2.65. The van der Waals surface area contributed by atoms with Crippen molar-refractivity contribution in [1.82, 2.24) is 4.90 Å². The van der Waals surface area contributed by atoms with Crippen LogP contribution in [0.2, 0.25) is 0 Å². The van der Waals surface area contributed by atoms with Crippen LogP contribution < -0.4 is 9.47 Å². The van der Waals surface area contributed by atoms with Crippen LogP contribution in [-0.2, 0) is 4.79 Å². The number of piperidine rings is 1. The van der Waals surface area contributed by atoms with Crippen LogP contribution in [0.3, 0.4) is 0 Å². The molecule has 0 unspecified atom stereocenters. The first-order valence-electron chi connectivity index (χ1n) is 9.13. The number of carboxylic acids is 1. The molecule has 3 rings (SSSR count). The van der Waals surface area contributed by atoms with Gasteiger partial charge in [-0.3, -0.25) is 4.79 Å². The lowest BCUT2D eigenvalue weighted by Crippen LogP contribution is -2.38. The van der Waals surface area contributed by atoms with Gasteiger partial charge in [-0.1, -0.05) is 18.2 Å². The quantitative estimate of drug-likeness (QED) is 0.769. The summed E-state index contributed by atoms with van der Waals surface area (Å²) < 4.78 is 11.9. The van der Waals surface area contributed by atoms with Crippen molar-refractivity contribution in [3.05, 3.63) is 54.6 Å². The zero-order valence-corrected chi connectivity index (χ0v) is 14.8. The molecule has 0 radical (unpaired) electrons. The first kappa shape index (κ1) is 18.3. The third-order valence-corrected chi connectivity index (χ3v) is 4.50. The molecule has 1 aliphatic heterocycles. The van der Waals surface area contributed by atoms with Crippen LogP contribution in [0, 0.1) is 0 Å². The van der Waals surface area contributed by atoms with E-state index in [0.717, 1.165) is 49.7 Å². The van der Waals surface area contributed by atoms with E-state index in [1.807, 2.05) is 54.6 Å². The fourth-order valence-corrected chi connectivity index (χ4v) is 3.11. The van der Waals surface area contributed by atoms with Gasteiger partial charge in [0.1, 0.15) is 23.4 Å². The molecule has 2 aromatic carbocycles. The molecule has 5 heteroatoms. The molecule has 138 valence electrons. The number of rotatable bonds is 8. The molecule has 1 fully saturated rings. The van der Waals surface area contributed by atoms with Gasteiger partial charge in [0.2, 0.25) is 0 Å². The Labute approximate surface area is 154 Å². The molecule has 26 heavy (non-hydrogen) atoms. The monoisotopic (exact) mass is 355 g/mol. The number of carbonyl (C=O) groups is 1. The Morgan fingerprint density at radius 2 is 1.58 bits per heavy atom. The molecular weight excluding hydrogens is 330 g/mol. The number of nitrogens with zero attached hydrogens (tertiary/aromatic N) is 1. The Balaban J connectivity index is 1.41. The van der Waals surface area contributed by atoms with Gasteiger partial charge in [-0.2, -0.15) is 0 Å². The fourth-order valence-electron chi connectivity index (χ4n) is 3.11. The van der Waals surface area contributed by atoms with Gasteiger partial charge in [0, 0.05) is 19.5 Å². The summed E-state index contributed by atoms with van der Waals surface area (Å²) in [7, 11) is 0. The number of hydrogen-bond acceptors (Lipinski definition) is 4. The van der Waals surface area contributed by atoms with Gasteiger partial charge >= 0.3 is 5.97 Å². The van der Waals surface area contributed by atoms with Crippen LogP contribution in [0.25, 0.3) is 0 Å². The molecule has 0 atom stereocenters. The van der Waals surface area contributed by atoms with Crippen LogP contribution in [0.15, 0.2) is 54.6 Å². The van der Waals surface area contributed by atoms with Crippen molar-refractivity contribution in [2.75, 3.05) is 19.6 Å². The predicted octanol–water partition coefficient (Wildman–Crippen LogP) is 4.19. The van der Waals surface area contributed by atoms with Crippen LogP contribution in [0.4, 0.5) is 0 Å². The predicted molar refractivity (Wildman–Crippen MR) is 99.9 cm³/mol. The van der Waals surface area contributed by atoms with Gasteiger partial charge in [0.05, 0.1) is 0 Å². The molecule has 0 saturated carbocycles. The standard InChI is InChI=1S/C21H25NO4/c23-21(24)7-4-14-22-15-12-20(13-16-22)26-19-10-8-18(9-11-19)25-17-5-2-1-3-6-17/h1-3,5-6,8-11,20H,4,7,12-16H2,(H,23,24). The van der Waals surface area contributed by atoms with Crippen LogP contribution in [0.1, 0.15) is 25.7 Å². The molecule has 0 aliphatic carbocycles.